The number of aliphatic hydroxyl groups is 1. The van der Waals surface area contributed by atoms with Crippen LogP contribution in [-0.4, -0.2) is 23.4 Å². The first-order valence-corrected chi connectivity index (χ1v) is 6.21. The third-order valence-corrected chi connectivity index (χ3v) is 3.49. The van der Waals surface area contributed by atoms with Gasteiger partial charge < -0.3 is 9.84 Å². The van der Waals surface area contributed by atoms with Crippen LogP contribution in [0.5, 0.6) is 0 Å². The molecule has 2 heteroatoms. The minimum Gasteiger partial charge on any atom is -0.390 e. The second-order valence-electron chi connectivity index (χ2n) is 4.76. The fourth-order valence-corrected chi connectivity index (χ4v) is 2.47. The molecule has 2 unspecified atom stereocenters. The lowest BCUT2D eigenvalue weighted by Gasteiger charge is -2.08. The molecule has 1 N–H and O–H groups in total. The van der Waals surface area contributed by atoms with E-state index < -0.39 is 0 Å². The van der Waals surface area contributed by atoms with Crippen molar-refractivity contribution in [3.05, 3.63) is 0 Å². The van der Waals surface area contributed by atoms with E-state index in [0.29, 0.717) is 6.10 Å². The average molecular weight is 198 g/mol. The molecule has 1 saturated heterocycles. The van der Waals surface area contributed by atoms with Gasteiger partial charge >= 0.3 is 0 Å². The van der Waals surface area contributed by atoms with Gasteiger partial charge in [-0.25, -0.2) is 0 Å². The molecule has 2 rings (SSSR count). The van der Waals surface area contributed by atoms with E-state index in [0.717, 1.165) is 6.42 Å². The largest absolute Gasteiger partial charge is 0.390 e. The summed E-state index contributed by atoms with van der Waals surface area (Å²) in [7, 11) is 0. The SMILES string of the molecule is OC1CCCCCCCCCC2O[C@@H]12. The van der Waals surface area contributed by atoms with Crippen molar-refractivity contribution in [2.75, 3.05) is 0 Å². The number of hydrogen-bond donors (Lipinski definition) is 1. The maximum atomic E-state index is 9.78. The molecule has 2 nitrogen and oxygen atoms in total. The second-order valence-corrected chi connectivity index (χ2v) is 4.76. The maximum absolute atomic E-state index is 9.78. The smallest absolute Gasteiger partial charge is 0.110 e. The van der Waals surface area contributed by atoms with Crippen LogP contribution < -0.4 is 0 Å². The van der Waals surface area contributed by atoms with Crippen molar-refractivity contribution in [1.82, 2.24) is 0 Å². The highest BCUT2D eigenvalue weighted by Gasteiger charge is 2.43. The Hall–Kier alpha value is -0.0800. The highest BCUT2D eigenvalue weighted by molar-refractivity contribution is 4.90. The molecular weight excluding hydrogens is 176 g/mol. The normalized spacial score (nSPS) is 40.5. The van der Waals surface area contributed by atoms with E-state index in [2.05, 4.69) is 0 Å². The second kappa shape index (κ2) is 5.13. The molecule has 0 aromatic heterocycles. The molecule has 0 aromatic rings. The number of aliphatic hydroxyl groups excluding tert-OH is 1. The van der Waals surface area contributed by atoms with Crippen LogP contribution in [0.25, 0.3) is 0 Å². The van der Waals surface area contributed by atoms with Crippen LogP contribution in [0.2, 0.25) is 0 Å². The highest BCUT2D eigenvalue weighted by Crippen LogP contribution is 2.32. The van der Waals surface area contributed by atoms with E-state index in [4.69, 9.17) is 4.74 Å². The Morgan fingerprint density at radius 1 is 0.786 bits per heavy atom. The summed E-state index contributed by atoms with van der Waals surface area (Å²) in [5.41, 5.74) is 0. The molecule has 2 aliphatic rings. The lowest BCUT2D eigenvalue weighted by molar-refractivity contribution is 0.123. The first kappa shape index (κ1) is 10.4. The van der Waals surface area contributed by atoms with Gasteiger partial charge in [0.05, 0.1) is 12.2 Å². The Kier molecular flexibility index (Phi) is 3.82. The standard InChI is InChI=1S/C12H22O2/c13-10-8-6-4-2-1-3-5-7-9-11-12(10)14-11/h10-13H,1-9H2/t10?,11?,12-/m0/s1. The number of ether oxygens (including phenoxy) is 1. The van der Waals surface area contributed by atoms with Crippen LogP contribution in [0, 0.1) is 0 Å². The van der Waals surface area contributed by atoms with Crippen LogP contribution >= 0.6 is 0 Å². The Bertz CT molecular complexity index is 170. The van der Waals surface area contributed by atoms with Crippen LogP contribution in [0.15, 0.2) is 0 Å². The van der Waals surface area contributed by atoms with Gasteiger partial charge in [-0.2, -0.15) is 0 Å². The van der Waals surface area contributed by atoms with Crippen molar-refractivity contribution < 1.29 is 9.84 Å². The lowest BCUT2D eigenvalue weighted by Crippen LogP contribution is -2.16. The van der Waals surface area contributed by atoms with Gasteiger partial charge in [0.1, 0.15) is 6.10 Å². The molecule has 1 aliphatic carbocycles. The molecule has 82 valence electrons. The zero-order valence-corrected chi connectivity index (χ0v) is 8.95. The zero-order valence-electron chi connectivity index (χ0n) is 8.95. The third-order valence-electron chi connectivity index (χ3n) is 3.49. The molecule has 0 bridgehead atoms. The van der Waals surface area contributed by atoms with Crippen LogP contribution in [-0.2, 0) is 4.74 Å². The topological polar surface area (TPSA) is 32.8 Å². The monoisotopic (exact) mass is 198 g/mol. The maximum Gasteiger partial charge on any atom is 0.110 e. The number of fused-ring (bicyclic) bond motifs is 1. The van der Waals surface area contributed by atoms with Crippen LogP contribution in [0.3, 0.4) is 0 Å². The summed E-state index contributed by atoms with van der Waals surface area (Å²) < 4.78 is 5.49. The molecule has 0 aromatic carbocycles. The van der Waals surface area contributed by atoms with Crippen molar-refractivity contribution >= 4 is 0 Å². The van der Waals surface area contributed by atoms with Gasteiger partial charge in [-0.3, -0.25) is 0 Å². The summed E-state index contributed by atoms with van der Waals surface area (Å²) in [5, 5.41) is 9.78. The number of rotatable bonds is 0. The minimum absolute atomic E-state index is 0.181. The first-order valence-electron chi connectivity index (χ1n) is 6.21. The van der Waals surface area contributed by atoms with Gasteiger partial charge in [0.15, 0.2) is 0 Å². The Morgan fingerprint density at radius 3 is 2.07 bits per heavy atom. The Balaban J connectivity index is 1.74. The molecule has 14 heavy (non-hydrogen) atoms. The zero-order chi connectivity index (χ0) is 9.80. The average Bonchev–Trinajstić information content (AvgIpc) is 2.92. The van der Waals surface area contributed by atoms with Gasteiger partial charge in [0.25, 0.3) is 0 Å². The van der Waals surface area contributed by atoms with Gasteiger partial charge in [-0.1, -0.05) is 44.9 Å². The van der Waals surface area contributed by atoms with E-state index in [9.17, 15) is 5.11 Å². The Labute approximate surface area is 86.6 Å². The first-order chi connectivity index (χ1) is 6.88. The van der Waals surface area contributed by atoms with Crippen molar-refractivity contribution in [2.24, 2.45) is 0 Å². The molecule has 2 fully saturated rings. The predicted molar refractivity (Wildman–Crippen MR) is 56.2 cm³/mol. The summed E-state index contributed by atoms with van der Waals surface area (Å²) in [5.74, 6) is 0. The summed E-state index contributed by atoms with van der Waals surface area (Å²) in [4.78, 5) is 0. The highest BCUT2D eigenvalue weighted by atomic mass is 16.6. The molecule has 1 heterocycles. The van der Waals surface area contributed by atoms with Gasteiger partial charge in [0, 0.05) is 0 Å². The summed E-state index contributed by atoms with van der Waals surface area (Å²) >= 11 is 0. The summed E-state index contributed by atoms with van der Waals surface area (Å²) in [6.45, 7) is 0. The fourth-order valence-electron chi connectivity index (χ4n) is 2.47. The minimum atomic E-state index is -0.181. The van der Waals surface area contributed by atoms with Gasteiger partial charge in [-0.05, 0) is 12.8 Å². The van der Waals surface area contributed by atoms with Crippen molar-refractivity contribution in [2.45, 2.75) is 76.1 Å². The van der Waals surface area contributed by atoms with Gasteiger partial charge in [-0.15, -0.1) is 0 Å². The van der Waals surface area contributed by atoms with Crippen molar-refractivity contribution in [1.29, 1.82) is 0 Å². The lowest BCUT2D eigenvalue weighted by atomic mass is 10.00. The van der Waals surface area contributed by atoms with E-state index >= 15 is 0 Å². The molecule has 1 saturated carbocycles. The molecular formula is C12H22O2. The summed E-state index contributed by atoms with van der Waals surface area (Å²) in [6, 6.07) is 0. The van der Waals surface area contributed by atoms with Crippen LogP contribution in [0.4, 0.5) is 0 Å². The van der Waals surface area contributed by atoms with Gasteiger partial charge in [0.2, 0.25) is 0 Å². The van der Waals surface area contributed by atoms with E-state index in [1.165, 1.54) is 51.4 Å². The fraction of sp³-hybridized carbons (Fsp3) is 1.00. The predicted octanol–water partition coefficient (Wildman–Crippen LogP) is 2.64. The number of hydrogen-bond acceptors (Lipinski definition) is 2. The van der Waals surface area contributed by atoms with Crippen molar-refractivity contribution in [3.8, 4) is 0 Å². The molecule has 3 atom stereocenters. The van der Waals surface area contributed by atoms with E-state index in [1.807, 2.05) is 0 Å². The van der Waals surface area contributed by atoms with Crippen molar-refractivity contribution in [3.63, 3.8) is 0 Å². The molecule has 0 spiro atoms. The Morgan fingerprint density at radius 2 is 1.36 bits per heavy atom. The summed E-state index contributed by atoms with van der Waals surface area (Å²) in [6.07, 6.45) is 11.7. The van der Waals surface area contributed by atoms with Crippen LogP contribution in [0.1, 0.15) is 57.8 Å². The quantitative estimate of drug-likeness (QED) is 0.607. The van der Waals surface area contributed by atoms with E-state index in [1.54, 1.807) is 0 Å². The molecule has 0 radical (unpaired) electrons. The third kappa shape index (κ3) is 2.96. The number of epoxide rings is 1. The van der Waals surface area contributed by atoms with E-state index in [-0.39, 0.29) is 12.2 Å². The molecule has 1 aliphatic heterocycles. The molecule has 0 amide bonds.